The van der Waals surface area contributed by atoms with Crippen LogP contribution < -0.4 is 0 Å². The summed E-state index contributed by atoms with van der Waals surface area (Å²) in [6.07, 6.45) is -0.717. The predicted octanol–water partition coefficient (Wildman–Crippen LogP) is 2.96. The third kappa shape index (κ3) is 2.78. The Morgan fingerprint density at radius 3 is 2.70 bits per heavy atom. The Morgan fingerprint density at radius 1 is 1.40 bits per heavy atom. The van der Waals surface area contributed by atoms with Crippen LogP contribution in [0.15, 0.2) is 23.3 Å². The van der Waals surface area contributed by atoms with Gasteiger partial charge in [0.05, 0.1) is 13.0 Å². The lowest BCUT2D eigenvalue weighted by Gasteiger charge is -2.22. The molecule has 6 heteroatoms. The van der Waals surface area contributed by atoms with E-state index in [1.807, 2.05) is 0 Å². The maximum Gasteiger partial charge on any atom is 0.402 e. The molecule has 0 radical (unpaired) electrons. The van der Waals surface area contributed by atoms with Gasteiger partial charge in [0.1, 0.15) is 5.92 Å². The molecule has 20 heavy (non-hydrogen) atoms. The van der Waals surface area contributed by atoms with Crippen molar-refractivity contribution in [2.75, 3.05) is 7.11 Å². The van der Waals surface area contributed by atoms with Gasteiger partial charge in [0.15, 0.2) is 5.78 Å². The van der Waals surface area contributed by atoms with Crippen LogP contribution >= 0.6 is 0 Å². The van der Waals surface area contributed by atoms with Crippen molar-refractivity contribution in [3.63, 3.8) is 0 Å². The smallest absolute Gasteiger partial charge is 0.402 e. The average molecular weight is 288 g/mol. The molecule has 2 rings (SSSR count). The SMILES string of the molecule is COC(=O)C1CCCC2=C(C=CC(C(F)(F)F)C2=O)C1. The van der Waals surface area contributed by atoms with Crippen LogP contribution in [0.2, 0.25) is 0 Å². The summed E-state index contributed by atoms with van der Waals surface area (Å²) in [5.41, 5.74) is 0.768. The zero-order valence-corrected chi connectivity index (χ0v) is 11.0. The number of hydrogen-bond acceptors (Lipinski definition) is 3. The van der Waals surface area contributed by atoms with Crippen molar-refractivity contribution in [3.8, 4) is 0 Å². The Kier molecular flexibility index (Phi) is 4.01. The largest absolute Gasteiger partial charge is 0.469 e. The molecule has 0 saturated carbocycles. The zero-order chi connectivity index (χ0) is 14.9. The van der Waals surface area contributed by atoms with Crippen molar-refractivity contribution in [2.45, 2.75) is 31.9 Å². The first kappa shape index (κ1) is 14.8. The van der Waals surface area contributed by atoms with Crippen LogP contribution in [-0.4, -0.2) is 25.0 Å². The Morgan fingerprint density at radius 2 is 2.10 bits per heavy atom. The van der Waals surface area contributed by atoms with Gasteiger partial charge in [-0.05, 0) is 36.8 Å². The molecule has 2 atom stereocenters. The van der Waals surface area contributed by atoms with E-state index in [2.05, 4.69) is 4.74 Å². The van der Waals surface area contributed by atoms with Crippen LogP contribution in [0.3, 0.4) is 0 Å². The molecule has 2 aliphatic rings. The molecule has 0 aliphatic heterocycles. The lowest BCUT2D eigenvalue weighted by atomic mass is 9.85. The highest BCUT2D eigenvalue weighted by Crippen LogP contribution is 2.39. The topological polar surface area (TPSA) is 43.4 Å². The first-order valence-electron chi connectivity index (χ1n) is 6.43. The molecule has 0 aromatic heterocycles. The summed E-state index contributed by atoms with van der Waals surface area (Å²) in [7, 11) is 1.28. The molecule has 3 nitrogen and oxygen atoms in total. The van der Waals surface area contributed by atoms with E-state index in [9.17, 15) is 22.8 Å². The Bertz CT molecular complexity index is 488. The Balaban J connectivity index is 2.25. The number of methoxy groups -OCH3 is 1. The second kappa shape index (κ2) is 5.42. The minimum atomic E-state index is -4.56. The molecular formula is C14H15F3O3. The van der Waals surface area contributed by atoms with Gasteiger partial charge in [-0.25, -0.2) is 0 Å². The lowest BCUT2D eigenvalue weighted by Crippen LogP contribution is -2.32. The van der Waals surface area contributed by atoms with E-state index in [0.717, 1.165) is 6.08 Å². The number of ketones is 1. The van der Waals surface area contributed by atoms with Crippen LogP contribution in [0.1, 0.15) is 25.7 Å². The quantitative estimate of drug-likeness (QED) is 0.697. The van der Waals surface area contributed by atoms with Gasteiger partial charge in [-0.1, -0.05) is 12.2 Å². The van der Waals surface area contributed by atoms with E-state index >= 15 is 0 Å². The molecule has 0 spiro atoms. The van der Waals surface area contributed by atoms with Crippen LogP contribution in [0, 0.1) is 11.8 Å². The first-order chi connectivity index (χ1) is 9.34. The number of halogens is 3. The number of allylic oxidation sites excluding steroid dienone is 4. The molecule has 110 valence electrons. The van der Waals surface area contributed by atoms with Gasteiger partial charge in [-0.15, -0.1) is 0 Å². The highest BCUT2D eigenvalue weighted by molar-refractivity contribution is 6.01. The number of hydrogen-bond donors (Lipinski definition) is 0. The first-order valence-corrected chi connectivity index (χ1v) is 6.43. The predicted molar refractivity (Wildman–Crippen MR) is 64.7 cm³/mol. The summed E-state index contributed by atoms with van der Waals surface area (Å²) >= 11 is 0. The highest BCUT2D eigenvalue weighted by Gasteiger charge is 2.46. The van der Waals surface area contributed by atoms with E-state index < -0.39 is 17.9 Å². The summed E-state index contributed by atoms with van der Waals surface area (Å²) in [5, 5.41) is 0. The number of carbonyl (C=O) groups is 2. The molecule has 0 aromatic carbocycles. The molecule has 0 fully saturated rings. The van der Waals surface area contributed by atoms with Crippen molar-refractivity contribution in [1.29, 1.82) is 0 Å². The molecular weight excluding hydrogens is 273 g/mol. The number of alkyl halides is 3. The minimum absolute atomic E-state index is 0.223. The summed E-state index contributed by atoms with van der Waals surface area (Å²) in [6.45, 7) is 0. The number of carbonyl (C=O) groups excluding carboxylic acids is 2. The third-order valence-electron chi connectivity index (χ3n) is 3.79. The minimum Gasteiger partial charge on any atom is -0.469 e. The van der Waals surface area contributed by atoms with E-state index in [-0.39, 0.29) is 23.9 Å². The fourth-order valence-electron chi connectivity index (χ4n) is 2.74. The third-order valence-corrected chi connectivity index (χ3v) is 3.79. The normalized spacial score (nSPS) is 27.1. The summed E-state index contributed by atoms with van der Waals surface area (Å²) < 4.78 is 42.9. The fraction of sp³-hybridized carbons (Fsp3) is 0.571. The van der Waals surface area contributed by atoms with Crippen molar-refractivity contribution in [1.82, 2.24) is 0 Å². The molecule has 0 aromatic rings. The molecule has 0 saturated heterocycles. The van der Waals surface area contributed by atoms with Crippen LogP contribution in [0.4, 0.5) is 13.2 Å². The average Bonchev–Trinajstić information content (AvgIpc) is 2.59. The Hall–Kier alpha value is -1.59. The molecule has 0 heterocycles. The summed E-state index contributed by atoms with van der Waals surface area (Å²) in [6, 6.07) is 0. The monoisotopic (exact) mass is 288 g/mol. The molecule has 2 unspecified atom stereocenters. The molecule has 0 N–H and O–H groups in total. The number of Topliss-reactive ketones (excluding diaryl/α,β-unsaturated/α-hetero) is 1. The summed E-state index contributed by atoms with van der Waals surface area (Å²) in [5.74, 6) is -3.68. The number of ether oxygens (including phenoxy) is 1. The van der Waals surface area contributed by atoms with E-state index in [4.69, 9.17) is 0 Å². The van der Waals surface area contributed by atoms with Crippen molar-refractivity contribution in [2.24, 2.45) is 11.8 Å². The molecule has 0 amide bonds. The van der Waals surface area contributed by atoms with E-state index in [1.54, 1.807) is 0 Å². The van der Waals surface area contributed by atoms with Crippen molar-refractivity contribution >= 4 is 11.8 Å². The van der Waals surface area contributed by atoms with Crippen LogP contribution in [0.25, 0.3) is 0 Å². The highest BCUT2D eigenvalue weighted by atomic mass is 19.4. The second-order valence-corrected chi connectivity index (χ2v) is 5.06. The van der Waals surface area contributed by atoms with Gasteiger partial charge in [0.2, 0.25) is 0 Å². The van der Waals surface area contributed by atoms with Gasteiger partial charge in [0.25, 0.3) is 0 Å². The molecule has 0 bridgehead atoms. The Labute approximate surface area is 114 Å². The lowest BCUT2D eigenvalue weighted by molar-refractivity contribution is -0.169. The van der Waals surface area contributed by atoms with E-state index in [1.165, 1.54) is 13.2 Å². The zero-order valence-electron chi connectivity index (χ0n) is 11.0. The van der Waals surface area contributed by atoms with Gasteiger partial charge in [0, 0.05) is 0 Å². The number of rotatable bonds is 1. The molecule has 2 aliphatic carbocycles. The standard InChI is InChI=1S/C14H15F3O3/c1-20-13(19)9-3-2-4-10-8(7-9)5-6-11(12(10)18)14(15,16)17/h5-6,9,11H,2-4,7H2,1H3. The number of esters is 1. The fourth-order valence-corrected chi connectivity index (χ4v) is 2.74. The van der Waals surface area contributed by atoms with Crippen molar-refractivity contribution < 1.29 is 27.5 Å². The van der Waals surface area contributed by atoms with Crippen molar-refractivity contribution in [3.05, 3.63) is 23.3 Å². The van der Waals surface area contributed by atoms with Gasteiger partial charge >= 0.3 is 12.1 Å². The summed E-state index contributed by atoms with van der Waals surface area (Å²) in [4.78, 5) is 23.5. The second-order valence-electron chi connectivity index (χ2n) is 5.06. The maximum atomic E-state index is 12.7. The van der Waals surface area contributed by atoms with Gasteiger partial charge in [-0.2, -0.15) is 13.2 Å². The maximum absolute atomic E-state index is 12.7. The van der Waals surface area contributed by atoms with E-state index in [0.29, 0.717) is 24.8 Å². The van der Waals surface area contributed by atoms with Gasteiger partial charge < -0.3 is 4.74 Å². The van der Waals surface area contributed by atoms with Crippen LogP contribution in [-0.2, 0) is 14.3 Å². The van der Waals surface area contributed by atoms with Gasteiger partial charge in [-0.3, -0.25) is 9.59 Å². The van der Waals surface area contributed by atoms with Crippen LogP contribution in [0.5, 0.6) is 0 Å².